The number of fused-ring (bicyclic) bond motifs is 1. The van der Waals surface area contributed by atoms with Crippen molar-refractivity contribution < 1.29 is 13.9 Å². The first-order valence-corrected chi connectivity index (χ1v) is 6.65. The number of hydrogen-bond acceptors (Lipinski definition) is 3. The molecule has 0 unspecified atom stereocenters. The second-order valence-electron chi connectivity index (χ2n) is 4.55. The zero-order valence-corrected chi connectivity index (χ0v) is 11.4. The lowest BCUT2D eigenvalue weighted by molar-refractivity contribution is 0.0976. The van der Waals surface area contributed by atoms with Crippen LogP contribution in [0.25, 0.3) is 11.1 Å². The van der Waals surface area contributed by atoms with Gasteiger partial charge in [-0.05, 0) is 12.1 Å². The van der Waals surface area contributed by atoms with Crippen LogP contribution in [-0.2, 0) is 0 Å². The zero-order valence-electron chi connectivity index (χ0n) is 10.6. The Hall–Kier alpha value is -1.78. The number of benzene rings is 2. The van der Waals surface area contributed by atoms with Crippen molar-refractivity contribution in [1.29, 1.82) is 0 Å². The molecule has 0 bridgehead atoms. The fourth-order valence-corrected chi connectivity index (χ4v) is 2.38. The lowest BCUT2D eigenvalue weighted by Gasteiger charge is -2.27. The molecule has 1 atom stereocenters. The first kappa shape index (κ1) is 13.2. The summed E-state index contributed by atoms with van der Waals surface area (Å²) in [6.45, 7) is 0.694. The zero-order chi connectivity index (χ0) is 14.1. The van der Waals surface area contributed by atoms with E-state index in [1.165, 1.54) is 6.07 Å². The van der Waals surface area contributed by atoms with Gasteiger partial charge in [-0.15, -0.1) is 0 Å². The minimum atomic E-state index is -0.338. The van der Waals surface area contributed by atoms with Crippen molar-refractivity contribution in [2.45, 2.75) is 6.10 Å². The molecule has 0 saturated heterocycles. The van der Waals surface area contributed by atoms with Crippen LogP contribution < -0.4 is 15.2 Å². The number of ether oxygens (including phenoxy) is 2. The van der Waals surface area contributed by atoms with Gasteiger partial charge in [0.1, 0.15) is 18.5 Å². The Balaban J connectivity index is 2.16. The Bertz CT molecular complexity index is 648. The average molecular weight is 294 g/mol. The summed E-state index contributed by atoms with van der Waals surface area (Å²) in [6.07, 6.45) is -0.241. The minimum Gasteiger partial charge on any atom is -0.486 e. The molecule has 0 fully saturated rings. The Morgan fingerprint density at radius 3 is 2.80 bits per heavy atom. The molecule has 0 amide bonds. The van der Waals surface area contributed by atoms with Gasteiger partial charge in [-0.2, -0.15) is 0 Å². The van der Waals surface area contributed by atoms with Gasteiger partial charge in [0.25, 0.3) is 0 Å². The molecule has 0 saturated carbocycles. The summed E-state index contributed by atoms with van der Waals surface area (Å²) in [5.74, 6) is 0.664. The van der Waals surface area contributed by atoms with E-state index in [2.05, 4.69) is 0 Å². The molecule has 0 spiro atoms. The molecule has 20 heavy (non-hydrogen) atoms. The summed E-state index contributed by atoms with van der Waals surface area (Å²) in [5.41, 5.74) is 6.60. The standard InChI is InChI=1S/C15H13ClFNO2/c16-9-5-12(11-3-1-2-4-13(11)17)15-14(6-9)19-8-10(7-18)20-15/h1-6,10H,7-8,18H2/t10-/m0/s1. The van der Waals surface area contributed by atoms with E-state index in [1.54, 1.807) is 30.3 Å². The summed E-state index contributed by atoms with van der Waals surface area (Å²) in [6, 6.07) is 9.80. The van der Waals surface area contributed by atoms with Crippen molar-refractivity contribution in [3.63, 3.8) is 0 Å². The van der Waals surface area contributed by atoms with E-state index in [9.17, 15) is 4.39 Å². The maximum absolute atomic E-state index is 14.0. The molecule has 2 aromatic rings. The Morgan fingerprint density at radius 2 is 2.05 bits per heavy atom. The highest BCUT2D eigenvalue weighted by molar-refractivity contribution is 6.31. The normalized spacial score (nSPS) is 17.1. The van der Waals surface area contributed by atoms with Gasteiger partial charge in [0, 0.05) is 28.8 Å². The van der Waals surface area contributed by atoms with Crippen LogP contribution in [0.3, 0.4) is 0 Å². The van der Waals surface area contributed by atoms with Crippen molar-refractivity contribution in [3.05, 3.63) is 47.2 Å². The van der Waals surface area contributed by atoms with Crippen LogP contribution in [-0.4, -0.2) is 19.3 Å². The third-order valence-corrected chi connectivity index (χ3v) is 3.37. The number of halogens is 2. The summed E-state index contributed by atoms with van der Waals surface area (Å²) >= 11 is 6.07. The molecule has 3 nitrogen and oxygen atoms in total. The third kappa shape index (κ3) is 2.32. The molecule has 2 N–H and O–H groups in total. The number of hydrogen-bond donors (Lipinski definition) is 1. The van der Waals surface area contributed by atoms with Gasteiger partial charge in [-0.3, -0.25) is 0 Å². The van der Waals surface area contributed by atoms with Crippen molar-refractivity contribution in [1.82, 2.24) is 0 Å². The smallest absolute Gasteiger partial charge is 0.169 e. The van der Waals surface area contributed by atoms with E-state index >= 15 is 0 Å². The Kier molecular flexibility index (Phi) is 3.51. The molecule has 2 aromatic carbocycles. The van der Waals surface area contributed by atoms with Crippen molar-refractivity contribution >= 4 is 11.6 Å². The van der Waals surface area contributed by atoms with E-state index in [1.807, 2.05) is 0 Å². The summed E-state index contributed by atoms with van der Waals surface area (Å²) < 4.78 is 25.4. The second-order valence-corrected chi connectivity index (χ2v) is 4.98. The largest absolute Gasteiger partial charge is 0.486 e. The highest BCUT2D eigenvalue weighted by atomic mass is 35.5. The van der Waals surface area contributed by atoms with Crippen LogP contribution in [0.4, 0.5) is 4.39 Å². The summed E-state index contributed by atoms with van der Waals surface area (Å²) in [7, 11) is 0. The van der Waals surface area contributed by atoms with E-state index in [0.717, 1.165) is 0 Å². The molecule has 5 heteroatoms. The summed E-state index contributed by atoms with van der Waals surface area (Å²) in [4.78, 5) is 0. The van der Waals surface area contributed by atoms with Crippen LogP contribution in [0.15, 0.2) is 36.4 Å². The van der Waals surface area contributed by atoms with Gasteiger partial charge in [0.05, 0.1) is 0 Å². The molecule has 0 radical (unpaired) electrons. The quantitative estimate of drug-likeness (QED) is 0.924. The van der Waals surface area contributed by atoms with Gasteiger partial charge in [-0.25, -0.2) is 4.39 Å². The van der Waals surface area contributed by atoms with Gasteiger partial charge in [-0.1, -0.05) is 29.8 Å². The summed E-state index contributed by atoms with van der Waals surface area (Å²) in [5, 5.41) is 0.469. The van der Waals surface area contributed by atoms with Gasteiger partial charge >= 0.3 is 0 Å². The van der Waals surface area contributed by atoms with E-state index < -0.39 is 0 Å². The predicted molar refractivity (Wildman–Crippen MR) is 75.8 cm³/mol. The van der Waals surface area contributed by atoms with Crippen molar-refractivity contribution in [2.24, 2.45) is 5.73 Å². The average Bonchev–Trinajstić information content (AvgIpc) is 2.46. The first-order valence-electron chi connectivity index (χ1n) is 6.27. The Labute approximate surface area is 121 Å². The lowest BCUT2D eigenvalue weighted by atomic mass is 10.0. The number of nitrogens with two attached hydrogens (primary N) is 1. The van der Waals surface area contributed by atoms with Crippen LogP contribution in [0.2, 0.25) is 5.02 Å². The third-order valence-electron chi connectivity index (χ3n) is 3.16. The molecule has 104 valence electrons. The molecular formula is C15H13ClFNO2. The highest BCUT2D eigenvalue weighted by Crippen LogP contribution is 2.43. The van der Waals surface area contributed by atoms with E-state index in [0.29, 0.717) is 40.8 Å². The molecule has 3 rings (SSSR count). The molecule has 1 heterocycles. The lowest BCUT2D eigenvalue weighted by Crippen LogP contribution is -2.35. The minimum absolute atomic E-state index is 0.241. The van der Waals surface area contributed by atoms with Gasteiger partial charge < -0.3 is 15.2 Å². The van der Waals surface area contributed by atoms with Crippen LogP contribution in [0.1, 0.15) is 0 Å². The highest BCUT2D eigenvalue weighted by Gasteiger charge is 2.25. The van der Waals surface area contributed by atoms with Crippen LogP contribution >= 0.6 is 11.6 Å². The fourth-order valence-electron chi connectivity index (χ4n) is 2.18. The monoisotopic (exact) mass is 293 g/mol. The Morgan fingerprint density at radius 1 is 1.25 bits per heavy atom. The first-order chi connectivity index (χ1) is 9.69. The number of rotatable bonds is 2. The van der Waals surface area contributed by atoms with E-state index in [4.69, 9.17) is 26.8 Å². The molecule has 1 aliphatic rings. The van der Waals surface area contributed by atoms with Gasteiger partial charge in [0.2, 0.25) is 0 Å². The topological polar surface area (TPSA) is 44.5 Å². The molecule has 0 aromatic heterocycles. The van der Waals surface area contributed by atoms with Crippen molar-refractivity contribution in [2.75, 3.05) is 13.2 Å². The maximum Gasteiger partial charge on any atom is 0.169 e. The molecular weight excluding hydrogens is 281 g/mol. The van der Waals surface area contributed by atoms with Crippen LogP contribution in [0, 0.1) is 5.82 Å². The van der Waals surface area contributed by atoms with Crippen LogP contribution in [0.5, 0.6) is 11.5 Å². The second kappa shape index (κ2) is 5.31. The maximum atomic E-state index is 14.0. The van der Waals surface area contributed by atoms with E-state index in [-0.39, 0.29) is 11.9 Å². The van der Waals surface area contributed by atoms with Crippen molar-refractivity contribution in [3.8, 4) is 22.6 Å². The van der Waals surface area contributed by atoms with Gasteiger partial charge in [0.15, 0.2) is 11.5 Å². The fraction of sp³-hybridized carbons (Fsp3) is 0.200. The molecule has 1 aliphatic heterocycles. The SMILES string of the molecule is NC[C@H]1COc2cc(Cl)cc(-c3ccccc3F)c2O1. The molecule has 0 aliphatic carbocycles. The predicted octanol–water partition coefficient (Wildman–Crippen LogP) is 3.24.